The topological polar surface area (TPSA) is 0 Å². The van der Waals surface area contributed by atoms with E-state index in [2.05, 4.69) is 0 Å². The lowest BCUT2D eigenvalue weighted by Gasteiger charge is -1.96. The molecule has 0 saturated carbocycles. The lowest BCUT2D eigenvalue weighted by Crippen LogP contribution is -2.38. The van der Waals surface area contributed by atoms with E-state index in [0.717, 1.165) is 0 Å². The third kappa shape index (κ3) is 0.0209. The van der Waals surface area contributed by atoms with Crippen LogP contribution in [0.15, 0.2) is 0 Å². The first-order chi connectivity index (χ1) is 2.49. The Morgan fingerprint density at radius 3 is 1.00 bits per heavy atom. The van der Waals surface area contributed by atoms with Gasteiger partial charge >= 0.3 is 0 Å². The largest absolute Gasteiger partial charge is 0.164 e. The maximum absolute atomic E-state index is 1.35. The SMILES string of the molecule is [10B]12[10B]3[10B]4[10B]1C234. The van der Waals surface area contributed by atoms with Crippen LogP contribution in [0.1, 0.15) is 0 Å². The fraction of sp³-hybridized carbons (Fsp3) is 1.00. The Balaban J connectivity index is 2.71. The highest BCUT2D eigenvalue weighted by atomic mass is 14.0. The fourth-order valence-corrected chi connectivity index (χ4v) is 2.66. The molecule has 0 unspecified atom stereocenters. The summed E-state index contributed by atoms with van der Waals surface area (Å²) in [5, 5.41) is 1.17. The summed E-state index contributed by atoms with van der Waals surface area (Å²) in [5.41, 5.74) is 0. The number of fused-ring (bicyclic) bond motifs is 4. The molecular formula is CB4. The molecule has 16 valence electrons. The van der Waals surface area contributed by atoms with Crippen LogP contribution < -0.4 is 0 Å². The van der Waals surface area contributed by atoms with Gasteiger partial charge in [-0.2, -0.15) is 5.01 Å². The zero-order chi connectivity index (χ0) is 2.81. The Bertz CT molecular complexity index is 106. The predicted octanol–water partition coefficient (Wildman–Crippen LogP) is -1.31. The van der Waals surface area contributed by atoms with Gasteiger partial charge in [-0.15, -0.1) is 0 Å². The molecule has 4 aliphatic heterocycles. The zero-order valence-corrected chi connectivity index (χ0v) is 2.81. The molecule has 0 aromatic carbocycles. The molecule has 1 spiro atoms. The van der Waals surface area contributed by atoms with E-state index in [-0.39, 0.29) is 0 Å². The lowest BCUT2D eigenvalue weighted by atomic mass is 8.01. The summed E-state index contributed by atoms with van der Waals surface area (Å²) < 4.78 is 0. The van der Waals surface area contributed by atoms with Crippen LogP contribution in [-0.4, -0.2) is 26.0 Å². The third-order valence-electron chi connectivity index (χ3n) is 3.42. The molecule has 0 nitrogen and oxygen atoms in total. The normalized spacial score (nSPS) is 48.0. The van der Waals surface area contributed by atoms with Gasteiger partial charge < -0.3 is 0 Å². The van der Waals surface area contributed by atoms with Gasteiger partial charge in [-0.25, -0.2) is 0 Å². The van der Waals surface area contributed by atoms with Crippen molar-refractivity contribution in [3.8, 4) is 0 Å². The first-order valence-corrected chi connectivity index (χ1v) is 2.49. The molecule has 0 aliphatic carbocycles. The summed E-state index contributed by atoms with van der Waals surface area (Å²) in [4.78, 5) is 0. The minimum absolute atomic E-state index is 1.17. The van der Waals surface area contributed by atoms with Crippen molar-refractivity contribution in [2.45, 2.75) is 5.01 Å². The van der Waals surface area contributed by atoms with E-state index in [9.17, 15) is 0 Å². The molecule has 4 heterocycles. The van der Waals surface area contributed by atoms with Crippen molar-refractivity contribution in [1.29, 1.82) is 0 Å². The van der Waals surface area contributed by atoms with Crippen molar-refractivity contribution in [3.05, 3.63) is 0 Å². The highest BCUT2D eigenvalue weighted by molar-refractivity contribution is 8.45. The Morgan fingerprint density at radius 2 is 1.00 bits per heavy atom. The second-order valence-corrected chi connectivity index (χ2v) is 3.10. The molecular weight excluding hydrogens is 52.1 g/mol. The number of hydrogen-bond donors (Lipinski definition) is 0. The smallest absolute Gasteiger partial charge is 0.0410 e. The lowest BCUT2D eigenvalue weighted by molar-refractivity contribution is 2.00. The molecule has 4 saturated heterocycles. The van der Waals surface area contributed by atoms with Gasteiger partial charge in [0.25, 0.3) is 0 Å². The predicted molar refractivity (Wildman–Crippen MR) is 25.7 cm³/mol. The van der Waals surface area contributed by atoms with Gasteiger partial charge in [0.2, 0.25) is 0 Å². The van der Waals surface area contributed by atoms with Crippen LogP contribution in [0.2, 0.25) is 5.01 Å². The molecule has 0 atom stereocenters. The molecule has 4 fully saturated rings. The Morgan fingerprint density at radius 1 is 0.800 bits per heavy atom. The summed E-state index contributed by atoms with van der Waals surface area (Å²) in [6, 6.07) is 0. The molecule has 0 aromatic rings. The van der Waals surface area contributed by atoms with E-state index in [1.807, 2.05) is 0 Å². The Kier molecular flexibility index (Phi) is 0.0380. The van der Waals surface area contributed by atoms with Gasteiger partial charge in [0.05, 0.1) is 0 Å². The molecule has 4 aliphatic rings. The van der Waals surface area contributed by atoms with E-state index in [4.69, 9.17) is 0 Å². The van der Waals surface area contributed by atoms with Crippen LogP contribution in [0.3, 0.4) is 0 Å². The number of rotatable bonds is 0. The monoisotopic (exact) mass is 52.1 g/mol. The Labute approximate surface area is 31.9 Å². The zero-order valence-electron chi connectivity index (χ0n) is 2.81. The van der Waals surface area contributed by atoms with Crippen molar-refractivity contribution in [2.24, 2.45) is 0 Å². The highest BCUT2D eigenvalue weighted by Crippen LogP contribution is 3.04. The molecule has 0 N–H and O–H groups in total. The van der Waals surface area contributed by atoms with Crippen LogP contribution >= 0.6 is 0 Å². The first kappa shape index (κ1) is 1.40. The standard InChI is InChI=1S/CB4/c2-1-3(2)5(1)4(1)2/i2-1,3-1,4-1,5-1. The first-order valence-electron chi connectivity index (χ1n) is 2.49. The maximum Gasteiger partial charge on any atom is 0.0410 e. The molecule has 0 aromatic heterocycles. The van der Waals surface area contributed by atoms with Gasteiger partial charge in [0.15, 0.2) is 0 Å². The van der Waals surface area contributed by atoms with Crippen LogP contribution in [0, 0.1) is 0 Å². The summed E-state index contributed by atoms with van der Waals surface area (Å²) >= 11 is 0. The molecule has 0 bridgehead atoms. The fourth-order valence-electron chi connectivity index (χ4n) is 2.66. The van der Waals surface area contributed by atoms with Crippen molar-refractivity contribution in [3.63, 3.8) is 0 Å². The molecule has 0 amide bonds. The van der Waals surface area contributed by atoms with E-state index >= 15 is 0 Å². The van der Waals surface area contributed by atoms with Crippen molar-refractivity contribution >= 4 is 26.0 Å². The van der Waals surface area contributed by atoms with Crippen molar-refractivity contribution in [2.75, 3.05) is 0 Å². The molecule has 4 rings (SSSR count). The van der Waals surface area contributed by atoms with Crippen LogP contribution in [0.5, 0.6) is 0 Å². The van der Waals surface area contributed by atoms with E-state index in [1.54, 1.807) is 0 Å². The van der Waals surface area contributed by atoms with E-state index in [0.29, 0.717) is 0 Å². The van der Waals surface area contributed by atoms with Gasteiger partial charge in [0.1, 0.15) is 0 Å². The van der Waals surface area contributed by atoms with Gasteiger partial charge in [-0.3, -0.25) is 0 Å². The molecule has 5 heavy (non-hydrogen) atoms. The second-order valence-electron chi connectivity index (χ2n) is 3.10. The van der Waals surface area contributed by atoms with Crippen molar-refractivity contribution in [1.82, 2.24) is 0 Å². The Hall–Kier alpha value is 0.260. The van der Waals surface area contributed by atoms with E-state index < -0.39 is 0 Å². The second kappa shape index (κ2) is 0.136. The summed E-state index contributed by atoms with van der Waals surface area (Å²) in [6.07, 6.45) is 0. The van der Waals surface area contributed by atoms with Gasteiger partial charge in [-0.05, 0) is 0 Å². The minimum atomic E-state index is 1.17. The molecule has 4 heteroatoms. The van der Waals surface area contributed by atoms with Crippen LogP contribution in [-0.2, 0) is 0 Å². The minimum Gasteiger partial charge on any atom is -0.164 e. The van der Waals surface area contributed by atoms with E-state index in [1.165, 1.54) is 31.0 Å². The quantitative estimate of drug-likeness (QED) is 0.300. The number of hydrogen-bond acceptors (Lipinski definition) is 0. The summed E-state index contributed by atoms with van der Waals surface area (Å²) in [7, 11) is 0. The van der Waals surface area contributed by atoms with Crippen LogP contribution in [0.4, 0.5) is 0 Å². The average Bonchev–Trinajstić information content (AvgIpc) is 1.26. The van der Waals surface area contributed by atoms with Gasteiger partial charge in [0, 0.05) is 26.0 Å². The third-order valence-corrected chi connectivity index (χ3v) is 3.42. The maximum atomic E-state index is 1.35. The van der Waals surface area contributed by atoms with Crippen molar-refractivity contribution < 1.29 is 0 Å². The van der Waals surface area contributed by atoms with Crippen LogP contribution in [0.25, 0.3) is 0 Å². The van der Waals surface area contributed by atoms with Gasteiger partial charge in [-0.1, -0.05) is 0 Å². The highest BCUT2D eigenvalue weighted by Gasteiger charge is 3.22. The summed E-state index contributed by atoms with van der Waals surface area (Å²) in [6.45, 7) is 5.42. The summed E-state index contributed by atoms with van der Waals surface area (Å²) in [5.74, 6) is 0. The molecule has 0 radical (unpaired) electrons. The average molecular weight is 52.1 g/mol.